The molecule has 0 saturated heterocycles. The Bertz CT molecular complexity index is 777. The van der Waals surface area contributed by atoms with Crippen LogP contribution in [0.1, 0.15) is 21.6 Å². The van der Waals surface area contributed by atoms with Gasteiger partial charge in [0, 0.05) is 12.6 Å². The molecule has 0 saturated carbocycles. The molecule has 0 radical (unpaired) electrons. The quantitative estimate of drug-likeness (QED) is 0.888. The number of amides is 1. The van der Waals surface area contributed by atoms with Gasteiger partial charge in [-0.3, -0.25) is 9.78 Å². The second-order valence-electron chi connectivity index (χ2n) is 5.90. The summed E-state index contributed by atoms with van der Waals surface area (Å²) in [6, 6.07) is 9.04. The van der Waals surface area contributed by atoms with Crippen LogP contribution in [0, 0.1) is 0 Å². The minimum absolute atomic E-state index is 0.0281. The lowest BCUT2D eigenvalue weighted by Crippen LogP contribution is -2.58. The lowest BCUT2D eigenvalue weighted by Gasteiger charge is -2.37. The highest BCUT2D eigenvalue weighted by molar-refractivity contribution is 5.94. The number of rotatable bonds is 3. The fraction of sp³-hybridized carbons (Fsp3) is 0.294. The Hall–Kier alpha value is -2.61. The number of hydrogen-bond donors (Lipinski definition) is 2. The third-order valence-electron chi connectivity index (χ3n) is 4.00. The van der Waals surface area contributed by atoms with Crippen molar-refractivity contribution in [3.8, 4) is 5.75 Å². The zero-order chi connectivity index (χ0) is 18.1. The van der Waals surface area contributed by atoms with E-state index in [2.05, 4.69) is 10.3 Å². The van der Waals surface area contributed by atoms with Crippen LogP contribution in [0.25, 0.3) is 0 Å². The number of ether oxygens (including phenoxy) is 1. The van der Waals surface area contributed by atoms with E-state index < -0.39 is 23.3 Å². The second kappa shape index (κ2) is 6.36. The average molecular weight is 352 g/mol. The van der Waals surface area contributed by atoms with E-state index in [1.54, 1.807) is 6.07 Å². The van der Waals surface area contributed by atoms with Crippen LogP contribution in [-0.4, -0.2) is 34.8 Å². The van der Waals surface area contributed by atoms with E-state index in [-0.39, 0.29) is 18.8 Å². The zero-order valence-electron chi connectivity index (χ0n) is 13.0. The molecule has 3 rings (SSSR count). The second-order valence-corrected chi connectivity index (χ2v) is 5.90. The van der Waals surface area contributed by atoms with Crippen molar-refractivity contribution >= 4 is 5.91 Å². The van der Waals surface area contributed by atoms with Crippen molar-refractivity contribution in [1.82, 2.24) is 10.3 Å². The summed E-state index contributed by atoms with van der Waals surface area (Å²) < 4.78 is 43.2. The van der Waals surface area contributed by atoms with Crippen LogP contribution in [0.3, 0.4) is 0 Å². The lowest BCUT2D eigenvalue weighted by molar-refractivity contribution is -0.141. The van der Waals surface area contributed by atoms with E-state index in [9.17, 15) is 23.1 Å². The summed E-state index contributed by atoms with van der Waals surface area (Å²) in [5.74, 6) is 0.0512. The third-order valence-corrected chi connectivity index (χ3v) is 4.00. The number of halogens is 3. The molecule has 1 aromatic carbocycles. The molecule has 0 aliphatic carbocycles. The van der Waals surface area contributed by atoms with Gasteiger partial charge in [0.05, 0.1) is 12.2 Å². The van der Waals surface area contributed by atoms with Crippen LogP contribution < -0.4 is 10.1 Å². The summed E-state index contributed by atoms with van der Waals surface area (Å²) in [4.78, 5) is 15.6. The molecular formula is C17H15F3N2O3. The molecule has 1 aliphatic rings. The zero-order valence-corrected chi connectivity index (χ0v) is 13.0. The molecule has 0 fully saturated rings. The largest absolute Gasteiger partial charge is 0.491 e. The maximum atomic E-state index is 12.5. The number of nitrogens with zero attached hydrogens (tertiary/aromatic N) is 1. The van der Waals surface area contributed by atoms with Gasteiger partial charge in [-0.25, -0.2) is 0 Å². The summed E-state index contributed by atoms with van der Waals surface area (Å²) in [6.07, 6.45) is -3.36. The molecule has 132 valence electrons. The standard InChI is InChI=1S/C17H15F3N2O3/c18-17(19,20)14-6-5-12(8-21-14)15(24)22-16(9-23)7-11-3-1-2-4-13(11)25-10-16/h1-6,8,23H,7,9-10H2,(H,22,24). The minimum atomic E-state index is -4.57. The Balaban J connectivity index is 1.77. The molecular weight excluding hydrogens is 337 g/mol. The number of alkyl halides is 3. The maximum absolute atomic E-state index is 12.5. The predicted molar refractivity (Wildman–Crippen MR) is 82.2 cm³/mol. The molecule has 5 nitrogen and oxygen atoms in total. The topological polar surface area (TPSA) is 71.5 Å². The smallest absolute Gasteiger partial charge is 0.433 e. The Labute approximate surface area is 141 Å². The minimum Gasteiger partial charge on any atom is -0.491 e. The van der Waals surface area contributed by atoms with Gasteiger partial charge in [0.1, 0.15) is 23.6 Å². The Morgan fingerprint density at radius 2 is 2.04 bits per heavy atom. The van der Waals surface area contributed by atoms with Crippen LogP contribution in [-0.2, 0) is 12.6 Å². The van der Waals surface area contributed by atoms with E-state index >= 15 is 0 Å². The fourth-order valence-electron chi connectivity index (χ4n) is 2.65. The summed E-state index contributed by atoms with van der Waals surface area (Å²) in [6.45, 7) is -0.318. The first-order valence-corrected chi connectivity index (χ1v) is 7.50. The van der Waals surface area contributed by atoms with Gasteiger partial charge in [0.2, 0.25) is 0 Å². The summed E-state index contributed by atoms with van der Waals surface area (Å²) >= 11 is 0. The molecule has 0 bridgehead atoms. The Morgan fingerprint density at radius 3 is 2.68 bits per heavy atom. The molecule has 2 N–H and O–H groups in total. The van der Waals surface area contributed by atoms with Gasteiger partial charge in [-0.1, -0.05) is 18.2 Å². The predicted octanol–water partition coefficient (Wildman–Crippen LogP) is 2.20. The highest BCUT2D eigenvalue weighted by Crippen LogP contribution is 2.30. The molecule has 1 unspecified atom stereocenters. The van der Waals surface area contributed by atoms with Crippen molar-refractivity contribution in [2.75, 3.05) is 13.2 Å². The first-order chi connectivity index (χ1) is 11.8. The number of aromatic nitrogens is 1. The fourth-order valence-corrected chi connectivity index (χ4v) is 2.65. The van der Waals surface area contributed by atoms with E-state index in [0.717, 1.165) is 23.9 Å². The first kappa shape index (κ1) is 17.2. The molecule has 1 aliphatic heterocycles. The number of pyridine rings is 1. The average Bonchev–Trinajstić information content (AvgIpc) is 2.61. The highest BCUT2D eigenvalue weighted by atomic mass is 19.4. The molecule has 1 atom stereocenters. The van der Waals surface area contributed by atoms with Crippen molar-refractivity contribution in [2.45, 2.75) is 18.1 Å². The molecule has 1 aromatic heterocycles. The van der Waals surface area contributed by atoms with Gasteiger partial charge in [-0.15, -0.1) is 0 Å². The highest BCUT2D eigenvalue weighted by Gasteiger charge is 2.37. The lowest BCUT2D eigenvalue weighted by atomic mass is 9.89. The molecule has 8 heteroatoms. The van der Waals surface area contributed by atoms with Crippen molar-refractivity contribution in [3.05, 3.63) is 59.4 Å². The number of hydrogen-bond acceptors (Lipinski definition) is 4. The molecule has 2 heterocycles. The number of para-hydroxylation sites is 1. The SMILES string of the molecule is O=C(NC1(CO)COc2ccccc2C1)c1ccc(C(F)(F)F)nc1. The van der Waals surface area contributed by atoms with Gasteiger partial charge < -0.3 is 15.2 Å². The number of aliphatic hydroxyl groups is 1. The van der Waals surface area contributed by atoms with Gasteiger partial charge in [-0.05, 0) is 23.8 Å². The Kier molecular flexibility index (Phi) is 4.38. The molecule has 25 heavy (non-hydrogen) atoms. The summed E-state index contributed by atoms with van der Waals surface area (Å²) in [5.41, 5.74) is -1.32. The van der Waals surface area contributed by atoms with Crippen molar-refractivity contribution in [2.24, 2.45) is 0 Å². The number of aliphatic hydroxyl groups excluding tert-OH is 1. The number of nitrogens with one attached hydrogen (secondary N) is 1. The van der Waals surface area contributed by atoms with Crippen molar-refractivity contribution < 1.29 is 27.8 Å². The number of carbonyl (C=O) groups is 1. The number of fused-ring (bicyclic) bond motifs is 1. The van der Waals surface area contributed by atoms with Gasteiger partial charge >= 0.3 is 6.18 Å². The number of carbonyl (C=O) groups excluding carboxylic acids is 1. The summed E-state index contributed by atoms with van der Waals surface area (Å²) in [5, 5.41) is 12.4. The van der Waals surface area contributed by atoms with Crippen LogP contribution >= 0.6 is 0 Å². The summed E-state index contributed by atoms with van der Waals surface area (Å²) in [7, 11) is 0. The van der Waals surface area contributed by atoms with Gasteiger partial charge in [0.25, 0.3) is 5.91 Å². The first-order valence-electron chi connectivity index (χ1n) is 7.50. The van der Waals surface area contributed by atoms with Crippen molar-refractivity contribution in [1.29, 1.82) is 0 Å². The molecule has 2 aromatic rings. The van der Waals surface area contributed by atoms with Gasteiger partial charge in [-0.2, -0.15) is 13.2 Å². The van der Waals surface area contributed by atoms with Crippen LogP contribution in [0.4, 0.5) is 13.2 Å². The molecule has 1 amide bonds. The normalized spacial score (nSPS) is 19.7. The molecule has 0 spiro atoms. The maximum Gasteiger partial charge on any atom is 0.433 e. The van der Waals surface area contributed by atoms with Crippen LogP contribution in [0.2, 0.25) is 0 Å². The van der Waals surface area contributed by atoms with Crippen LogP contribution in [0.15, 0.2) is 42.6 Å². The number of benzene rings is 1. The van der Waals surface area contributed by atoms with E-state index in [1.165, 1.54) is 0 Å². The van der Waals surface area contributed by atoms with E-state index in [1.807, 2.05) is 18.2 Å². The monoisotopic (exact) mass is 352 g/mol. The van der Waals surface area contributed by atoms with Crippen molar-refractivity contribution in [3.63, 3.8) is 0 Å². The van der Waals surface area contributed by atoms with Gasteiger partial charge in [0.15, 0.2) is 0 Å². The van der Waals surface area contributed by atoms with E-state index in [4.69, 9.17) is 4.74 Å². The third kappa shape index (κ3) is 3.58. The Morgan fingerprint density at radius 1 is 1.28 bits per heavy atom. The van der Waals surface area contributed by atoms with E-state index in [0.29, 0.717) is 12.2 Å². The van der Waals surface area contributed by atoms with Crippen LogP contribution in [0.5, 0.6) is 5.75 Å².